The van der Waals surface area contributed by atoms with Crippen LogP contribution in [0, 0.1) is 18.7 Å². The number of rotatable bonds is 7. The molecule has 166 valence electrons. The van der Waals surface area contributed by atoms with Gasteiger partial charge in [0.15, 0.2) is 5.82 Å². The highest BCUT2D eigenvalue weighted by Gasteiger charge is 2.27. The van der Waals surface area contributed by atoms with Crippen molar-refractivity contribution in [1.29, 1.82) is 0 Å². The summed E-state index contributed by atoms with van der Waals surface area (Å²) in [5.74, 6) is -0.169. The Kier molecular flexibility index (Phi) is 6.72. The predicted molar refractivity (Wildman–Crippen MR) is 119 cm³/mol. The number of carbonyl (C=O) groups is 2. The first-order chi connectivity index (χ1) is 14.7. The number of aromatic nitrogens is 2. The molecule has 9 heteroatoms. The van der Waals surface area contributed by atoms with E-state index in [1.165, 1.54) is 12.1 Å². The lowest BCUT2D eigenvalue weighted by Gasteiger charge is -2.34. The van der Waals surface area contributed by atoms with Crippen molar-refractivity contribution in [2.75, 3.05) is 29.2 Å². The first-order valence-electron chi connectivity index (χ1n) is 10.4. The summed E-state index contributed by atoms with van der Waals surface area (Å²) in [5.41, 5.74) is 6.78. The maximum Gasteiger partial charge on any atom is 0.251 e. The second kappa shape index (κ2) is 9.28. The highest BCUT2D eigenvalue weighted by molar-refractivity contribution is 5.94. The maximum absolute atomic E-state index is 14.2. The fourth-order valence-electron chi connectivity index (χ4n) is 3.89. The summed E-state index contributed by atoms with van der Waals surface area (Å²) >= 11 is 0. The number of hydrogen-bond donors (Lipinski definition) is 2. The van der Waals surface area contributed by atoms with Crippen LogP contribution in [0.5, 0.6) is 0 Å². The van der Waals surface area contributed by atoms with Crippen LogP contribution >= 0.6 is 0 Å². The zero-order valence-electron chi connectivity index (χ0n) is 18.4. The molecule has 0 unspecified atom stereocenters. The minimum Gasteiger partial charge on any atom is -0.373 e. The number of nitrogens with one attached hydrogen (secondary N) is 1. The van der Waals surface area contributed by atoms with Gasteiger partial charge in [-0.3, -0.25) is 14.5 Å². The SMILES string of the molecule is Cc1cc(C(N)=O)c(F)cc1Nc1ncc(N(C)C)c(N(C=O)C2CCC(C)CC2)n1. The van der Waals surface area contributed by atoms with E-state index in [0.717, 1.165) is 32.1 Å². The number of hydrogen-bond acceptors (Lipinski definition) is 6. The number of carbonyl (C=O) groups excluding carboxylic acids is 2. The zero-order valence-corrected chi connectivity index (χ0v) is 18.4. The van der Waals surface area contributed by atoms with Crippen LogP contribution in [-0.2, 0) is 4.79 Å². The van der Waals surface area contributed by atoms with Crippen molar-refractivity contribution < 1.29 is 14.0 Å². The van der Waals surface area contributed by atoms with Crippen LogP contribution < -0.4 is 20.9 Å². The summed E-state index contributed by atoms with van der Waals surface area (Å²) in [4.78, 5) is 35.9. The molecule has 1 heterocycles. The molecule has 2 aromatic rings. The Hall–Kier alpha value is -3.23. The van der Waals surface area contributed by atoms with E-state index in [4.69, 9.17) is 5.73 Å². The largest absolute Gasteiger partial charge is 0.373 e. The highest BCUT2D eigenvalue weighted by Crippen LogP contribution is 2.34. The van der Waals surface area contributed by atoms with E-state index in [1.807, 2.05) is 19.0 Å². The van der Waals surface area contributed by atoms with Crippen LogP contribution in [0.25, 0.3) is 0 Å². The van der Waals surface area contributed by atoms with Crippen LogP contribution in [-0.4, -0.2) is 42.4 Å². The van der Waals surface area contributed by atoms with Crippen LogP contribution in [0.1, 0.15) is 48.5 Å². The Balaban J connectivity index is 1.96. The number of benzene rings is 1. The highest BCUT2D eigenvalue weighted by atomic mass is 19.1. The third kappa shape index (κ3) is 4.92. The molecule has 0 bridgehead atoms. The van der Waals surface area contributed by atoms with Gasteiger partial charge in [-0.1, -0.05) is 6.92 Å². The minimum absolute atomic E-state index is 0.0733. The summed E-state index contributed by atoms with van der Waals surface area (Å²) < 4.78 is 14.2. The lowest BCUT2D eigenvalue weighted by molar-refractivity contribution is -0.108. The number of nitrogens with two attached hydrogens (primary N) is 1. The summed E-state index contributed by atoms with van der Waals surface area (Å²) in [5, 5.41) is 3.00. The molecule has 2 amide bonds. The Morgan fingerprint density at radius 2 is 1.94 bits per heavy atom. The van der Waals surface area contributed by atoms with Gasteiger partial charge in [0.25, 0.3) is 5.91 Å². The normalized spacial score (nSPS) is 18.4. The molecule has 0 saturated heterocycles. The van der Waals surface area contributed by atoms with E-state index >= 15 is 0 Å². The molecule has 31 heavy (non-hydrogen) atoms. The molecule has 1 fully saturated rings. The second-order valence-electron chi connectivity index (χ2n) is 8.36. The second-order valence-corrected chi connectivity index (χ2v) is 8.36. The van der Waals surface area contributed by atoms with Crippen molar-refractivity contribution in [2.24, 2.45) is 11.7 Å². The van der Waals surface area contributed by atoms with Crippen molar-refractivity contribution in [3.8, 4) is 0 Å². The molecular weight excluding hydrogens is 399 g/mol. The summed E-state index contributed by atoms with van der Waals surface area (Å²) in [6.07, 6.45) is 6.42. The molecule has 1 aromatic carbocycles. The minimum atomic E-state index is -0.829. The molecule has 3 N–H and O–H groups in total. The first kappa shape index (κ1) is 22.5. The molecule has 1 aliphatic rings. The molecule has 8 nitrogen and oxygen atoms in total. The first-order valence-corrected chi connectivity index (χ1v) is 10.4. The molecular formula is C22H29FN6O2. The van der Waals surface area contributed by atoms with Gasteiger partial charge in [0.1, 0.15) is 5.82 Å². The number of primary amides is 1. The van der Waals surface area contributed by atoms with Gasteiger partial charge in [-0.05, 0) is 56.2 Å². The van der Waals surface area contributed by atoms with Crippen molar-refractivity contribution >= 4 is 35.5 Å². The van der Waals surface area contributed by atoms with E-state index in [-0.39, 0.29) is 17.6 Å². The van der Waals surface area contributed by atoms with Gasteiger partial charge in [-0.25, -0.2) is 9.37 Å². The predicted octanol–water partition coefficient (Wildman–Crippen LogP) is 3.37. The van der Waals surface area contributed by atoms with Crippen molar-refractivity contribution in [2.45, 2.75) is 45.6 Å². The topological polar surface area (TPSA) is 104 Å². The summed E-state index contributed by atoms with van der Waals surface area (Å²) in [6.45, 7) is 3.95. The maximum atomic E-state index is 14.2. The van der Waals surface area contributed by atoms with Crippen molar-refractivity contribution in [3.63, 3.8) is 0 Å². The Morgan fingerprint density at radius 1 is 1.26 bits per heavy atom. The smallest absolute Gasteiger partial charge is 0.251 e. The Bertz CT molecular complexity index is 973. The molecule has 1 saturated carbocycles. The van der Waals surface area contributed by atoms with Gasteiger partial charge in [0.05, 0.1) is 17.4 Å². The fourth-order valence-corrected chi connectivity index (χ4v) is 3.89. The third-order valence-electron chi connectivity index (χ3n) is 5.79. The monoisotopic (exact) mass is 428 g/mol. The molecule has 1 aliphatic carbocycles. The zero-order chi connectivity index (χ0) is 22.7. The third-order valence-corrected chi connectivity index (χ3v) is 5.79. The lowest BCUT2D eigenvalue weighted by Crippen LogP contribution is -2.38. The van der Waals surface area contributed by atoms with E-state index in [0.29, 0.717) is 28.7 Å². The number of halogens is 1. The molecule has 3 rings (SSSR count). The number of amides is 2. The van der Waals surface area contributed by atoms with Crippen molar-refractivity contribution in [1.82, 2.24) is 9.97 Å². The fraction of sp³-hybridized carbons (Fsp3) is 0.455. The van der Waals surface area contributed by atoms with Gasteiger partial charge in [0, 0.05) is 25.8 Å². The molecule has 0 radical (unpaired) electrons. The molecule has 0 spiro atoms. The Morgan fingerprint density at radius 3 is 2.52 bits per heavy atom. The molecule has 0 aliphatic heterocycles. The van der Waals surface area contributed by atoms with E-state index in [1.54, 1.807) is 18.0 Å². The summed E-state index contributed by atoms with van der Waals surface area (Å²) in [6, 6.07) is 2.65. The van der Waals surface area contributed by atoms with E-state index < -0.39 is 11.7 Å². The molecule has 1 aromatic heterocycles. The van der Waals surface area contributed by atoms with Gasteiger partial charge in [0.2, 0.25) is 12.4 Å². The van der Waals surface area contributed by atoms with Crippen molar-refractivity contribution in [3.05, 3.63) is 35.3 Å². The average molecular weight is 429 g/mol. The number of nitrogens with zero attached hydrogens (tertiary/aromatic N) is 4. The van der Waals surface area contributed by atoms with Crippen LogP contribution in [0.2, 0.25) is 0 Å². The average Bonchev–Trinajstić information content (AvgIpc) is 2.72. The van der Waals surface area contributed by atoms with Gasteiger partial charge < -0.3 is 16.0 Å². The number of aryl methyl sites for hydroxylation is 1. The van der Waals surface area contributed by atoms with Gasteiger partial charge in [-0.15, -0.1) is 0 Å². The summed E-state index contributed by atoms with van der Waals surface area (Å²) in [7, 11) is 3.73. The van der Waals surface area contributed by atoms with E-state index in [9.17, 15) is 14.0 Å². The van der Waals surface area contributed by atoms with Gasteiger partial charge in [-0.2, -0.15) is 4.98 Å². The quantitative estimate of drug-likeness (QED) is 0.655. The Labute approximate surface area is 181 Å². The van der Waals surface area contributed by atoms with Crippen LogP contribution in [0.15, 0.2) is 18.3 Å². The van der Waals surface area contributed by atoms with Gasteiger partial charge >= 0.3 is 0 Å². The number of anilines is 4. The van der Waals surface area contributed by atoms with Crippen LogP contribution in [0.4, 0.5) is 27.5 Å². The van der Waals surface area contributed by atoms with E-state index in [2.05, 4.69) is 22.2 Å². The standard InChI is InChI=1S/C22H29FN6O2/c1-13-5-7-15(8-6-13)29(12-30)21-19(28(3)4)11-25-22(27-21)26-18-10-17(23)16(20(24)31)9-14(18)2/h9-13,15H,5-8H2,1-4H3,(H2,24,31)(H,25,26,27). The molecule has 0 atom stereocenters. The van der Waals surface area contributed by atoms with Crippen LogP contribution in [0.3, 0.4) is 0 Å². The lowest BCUT2D eigenvalue weighted by atomic mass is 9.87.